The van der Waals surface area contributed by atoms with Crippen LogP contribution in [-0.2, 0) is 5.60 Å². The molecule has 40 heavy (non-hydrogen) atoms. The highest BCUT2D eigenvalue weighted by molar-refractivity contribution is 5.48. The molecule has 0 aliphatic rings. The van der Waals surface area contributed by atoms with Crippen molar-refractivity contribution in [3.8, 4) is 11.5 Å². The number of ether oxygens (including phenoxy) is 2. The molecule has 0 fully saturated rings. The van der Waals surface area contributed by atoms with Gasteiger partial charge in [-0.25, -0.2) is 0 Å². The standard InChI is InChI=1S/C25H19F10NO4/c1-13(14-8-10-36(38)11-9-14)20(16-4-7-18(39-21(26)27)19(12-16)40-22(28)29)15-2-5-17(6-3-15)23(37,24(30,31)32)25(33,34)35/h2-13,20-22,37H,1H3/t13-,20-/m1/s1. The van der Waals surface area contributed by atoms with Crippen LogP contribution in [0.4, 0.5) is 43.9 Å². The van der Waals surface area contributed by atoms with E-state index in [1.165, 1.54) is 18.2 Å². The lowest BCUT2D eigenvalue weighted by Crippen LogP contribution is -2.53. The van der Waals surface area contributed by atoms with Crippen molar-refractivity contribution >= 4 is 0 Å². The number of rotatable bonds is 9. The lowest BCUT2D eigenvalue weighted by atomic mass is 9.77. The minimum absolute atomic E-state index is 0.0485. The fourth-order valence-corrected chi connectivity index (χ4v) is 4.21. The second-order valence-corrected chi connectivity index (χ2v) is 8.55. The zero-order valence-electron chi connectivity index (χ0n) is 20.1. The van der Waals surface area contributed by atoms with Crippen molar-refractivity contribution < 1.29 is 63.2 Å². The van der Waals surface area contributed by atoms with Gasteiger partial charge in [-0.2, -0.15) is 48.6 Å². The highest BCUT2D eigenvalue weighted by Gasteiger charge is 2.71. The SMILES string of the molecule is C[C@H](c1cc[n+]([O-])cc1)[C@H](c1ccc(C(O)(C(F)(F)F)C(F)(F)F)cc1)c1ccc(OC(F)F)c(OC(F)F)c1. The molecule has 0 amide bonds. The summed E-state index contributed by atoms with van der Waals surface area (Å²) in [5.74, 6) is -3.32. The third kappa shape index (κ3) is 6.35. The van der Waals surface area contributed by atoms with E-state index in [-0.39, 0.29) is 11.1 Å². The van der Waals surface area contributed by atoms with Gasteiger partial charge >= 0.3 is 25.6 Å². The minimum atomic E-state index is -6.13. The van der Waals surface area contributed by atoms with E-state index < -0.39 is 60.1 Å². The molecule has 3 rings (SSSR count). The van der Waals surface area contributed by atoms with Gasteiger partial charge in [0.25, 0.3) is 5.60 Å². The maximum atomic E-state index is 13.3. The van der Waals surface area contributed by atoms with E-state index in [4.69, 9.17) is 0 Å². The van der Waals surface area contributed by atoms with E-state index in [1.54, 1.807) is 6.92 Å². The van der Waals surface area contributed by atoms with Crippen molar-refractivity contribution in [2.24, 2.45) is 0 Å². The fourth-order valence-electron chi connectivity index (χ4n) is 4.21. The van der Waals surface area contributed by atoms with E-state index >= 15 is 0 Å². The molecule has 0 saturated heterocycles. The summed E-state index contributed by atoms with van der Waals surface area (Å²) in [5, 5.41) is 21.2. The number of pyridine rings is 1. The van der Waals surface area contributed by atoms with Gasteiger partial charge in [0.1, 0.15) is 0 Å². The van der Waals surface area contributed by atoms with E-state index in [0.29, 0.717) is 22.4 Å². The average Bonchev–Trinajstić information content (AvgIpc) is 2.84. The average molecular weight is 587 g/mol. The van der Waals surface area contributed by atoms with Crippen LogP contribution in [-0.4, -0.2) is 30.7 Å². The molecular formula is C25H19F10NO4. The lowest BCUT2D eigenvalue weighted by molar-refractivity contribution is -0.605. The fraction of sp³-hybridized carbons (Fsp3) is 0.320. The van der Waals surface area contributed by atoms with Crippen molar-refractivity contribution in [2.75, 3.05) is 0 Å². The minimum Gasteiger partial charge on any atom is -0.619 e. The van der Waals surface area contributed by atoms with E-state index in [1.807, 2.05) is 0 Å². The number of halogens is 10. The zero-order chi connectivity index (χ0) is 30.0. The Morgan fingerprint density at radius 3 is 1.65 bits per heavy atom. The van der Waals surface area contributed by atoms with Crippen LogP contribution in [0.3, 0.4) is 0 Å². The third-order valence-corrected chi connectivity index (χ3v) is 6.12. The van der Waals surface area contributed by atoms with Crippen LogP contribution in [0.2, 0.25) is 0 Å². The Hall–Kier alpha value is -3.75. The zero-order valence-corrected chi connectivity index (χ0v) is 20.1. The van der Waals surface area contributed by atoms with Crippen LogP contribution >= 0.6 is 0 Å². The Labute approximate surface area is 219 Å². The van der Waals surface area contributed by atoms with Gasteiger partial charge in [0.15, 0.2) is 23.9 Å². The van der Waals surface area contributed by atoms with Crippen LogP contribution in [0.15, 0.2) is 67.0 Å². The van der Waals surface area contributed by atoms with Crippen LogP contribution in [0.25, 0.3) is 0 Å². The maximum absolute atomic E-state index is 13.3. The molecule has 1 heterocycles. The predicted molar refractivity (Wildman–Crippen MR) is 118 cm³/mol. The topological polar surface area (TPSA) is 65.6 Å². The molecule has 218 valence electrons. The third-order valence-electron chi connectivity index (χ3n) is 6.12. The van der Waals surface area contributed by atoms with Crippen molar-refractivity contribution in [3.05, 3.63) is 94.5 Å². The Balaban J connectivity index is 2.18. The van der Waals surface area contributed by atoms with Crippen LogP contribution < -0.4 is 14.2 Å². The van der Waals surface area contributed by atoms with Gasteiger partial charge in [-0.05, 0) is 34.7 Å². The summed E-state index contributed by atoms with van der Waals surface area (Å²) < 4.78 is 140. The van der Waals surface area contributed by atoms with Crippen molar-refractivity contribution in [1.82, 2.24) is 0 Å². The number of hydrogen-bond acceptors (Lipinski definition) is 4. The predicted octanol–water partition coefficient (Wildman–Crippen LogP) is 6.77. The monoisotopic (exact) mass is 587 g/mol. The number of aromatic nitrogens is 1. The molecule has 15 heteroatoms. The first kappa shape index (κ1) is 30.8. The van der Waals surface area contributed by atoms with Crippen LogP contribution in [0, 0.1) is 5.21 Å². The van der Waals surface area contributed by atoms with Gasteiger partial charge < -0.3 is 19.8 Å². The van der Waals surface area contributed by atoms with Crippen molar-refractivity contribution in [1.29, 1.82) is 0 Å². The number of alkyl halides is 10. The van der Waals surface area contributed by atoms with Gasteiger partial charge in [0, 0.05) is 23.6 Å². The summed E-state index contributed by atoms with van der Waals surface area (Å²) in [5.41, 5.74) is -6.16. The molecule has 0 aliphatic heterocycles. The highest BCUT2D eigenvalue weighted by atomic mass is 19.4. The van der Waals surface area contributed by atoms with Gasteiger partial charge in [-0.3, -0.25) is 0 Å². The summed E-state index contributed by atoms with van der Waals surface area (Å²) in [6.07, 6.45) is -10.0. The second-order valence-electron chi connectivity index (χ2n) is 8.55. The maximum Gasteiger partial charge on any atom is 0.430 e. The van der Waals surface area contributed by atoms with E-state index in [9.17, 15) is 54.2 Å². The molecular weight excluding hydrogens is 568 g/mol. The van der Waals surface area contributed by atoms with Crippen LogP contribution in [0.5, 0.6) is 11.5 Å². The molecule has 2 atom stereocenters. The molecule has 3 aromatic rings. The van der Waals surface area contributed by atoms with Gasteiger partial charge in [-0.15, -0.1) is 0 Å². The molecule has 0 saturated carbocycles. The Bertz CT molecular complexity index is 1260. The first-order chi connectivity index (χ1) is 18.5. The molecule has 0 bridgehead atoms. The molecule has 0 aliphatic carbocycles. The number of nitrogens with zero attached hydrogens (tertiary/aromatic N) is 1. The first-order valence-electron chi connectivity index (χ1n) is 11.1. The van der Waals surface area contributed by atoms with Gasteiger partial charge in [-0.1, -0.05) is 37.3 Å². The Morgan fingerprint density at radius 1 is 0.700 bits per heavy atom. The second kappa shape index (κ2) is 11.4. The molecule has 2 aromatic carbocycles. The molecule has 5 nitrogen and oxygen atoms in total. The van der Waals surface area contributed by atoms with Gasteiger partial charge in [0.05, 0.1) is 0 Å². The Kier molecular flexibility index (Phi) is 8.77. The first-order valence-corrected chi connectivity index (χ1v) is 11.1. The molecule has 0 unspecified atom stereocenters. The quantitative estimate of drug-likeness (QED) is 0.171. The highest BCUT2D eigenvalue weighted by Crippen LogP contribution is 2.50. The number of benzene rings is 2. The smallest absolute Gasteiger partial charge is 0.430 e. The normalized spacial score (nSPS) is 14.3. The van der Waals surface area contributed by atoms with E-state index in [2.05, 4.69) is 9.47 Å². The summed E-state index contributed by atoms with van der Waals surface area (Å²) in [6.45, 7) is -5.31. The number of hydrogen-bond donors (Lipinski definition) is 1. The largest absolute Gasteiger partial charge is 0.619 e. The number of aliphatic hydroxyl groups is 1. The summed E-state index contributed by atoms with van der Waals surface area (Å²) in [7, 11) is 0. The summed E-state index contributed by atoms with van der Waals surface area (Å²) in [4.78, 5) is 0. The summed E-state index contributed by atoms with van der Waals surface area (Å²) >= 11 is 0. The Morgan fingerprint density at radius 2 is 1.18 bits per heavy atom. The molecule has 1 N–H and O–H groups in total. The van der Waals surface area contributed by atoms with E-state index in [0.717, 1.165) is 36.7 Å². The van der Waals surface area contributed by atoms with Crippen LogP contribution in [0.1, 0.15) is 41.0 Å². The molecule has 0 spiro atoms. The summed E-state index contributed by atoms with van der Waals surface area (Å²) in [6, 6.07) is 8.28. The van der Waals surface area contributed by atoms with Crippen molar-refractivity contribution in [3.63, 3.8) is 0 Å². The van der Waals surface area contributed by atoms with Crippen molar-refractivity contribution in [2.45, 2.75) is 49.9 Å². The van der Waals surface area contributed by atoms with Gasteiger partial charge in [0.2, 0.25) is 0 Å². The molecule has 0 radical (unpaired) electrons. The lowest BCUT2D eigenvalue weighted by Gasteiger charge is -2.33. The molecule has 1 aromatic heterocycles.